The first kappa shape index (κ1) is 11.8. The van der Waals surface area contributed by atoms with Crippen LogP contribution < -0.4 is 0 Å². The molecular weight excluding hydrogens is 286 g/mol. The maximum Gasteiger partial charge on any atom is 0.0732 e. The molecule has 0 aromatic carbocycles. The fourth-order valence-electron chi connectivity index (χ4n) is 1.35. The molecule has 0 atom stereocenters. The Kier molecular flexibility index (Phi) is 4.51. The molecule has 0 saturated carbocycles. The molecule has 84 valence electrons. The average Bonchev–Trinajstić information content (AvgIpc) is 2.77. The van der Waals surface area contributed by atoms with E-state index in [1.807, 2.05) is 12.3 Å². The largest absolute Gasteiger partial charge is 0.376 e. The molecule has 2 rings (SSSR count). The molecule has 2 nitrogen and oxygen atoms in total. The van der Waals surface area contributed by atoms with Crippen LogP contribution in [0.15, 0.2) is 40.4 Å². The van der Waals surface area contributed by atoms with E-state index in [9.17, 15) is 0 Å². The Bertz CT molecular complexity index is 430. The van der Waals surface area contributed by atoms with Gasteiger partial charge in [-0.05, 0) is 39.0 Å². The maximum absolute atomic E-state index is 5.59. The molecule has 0 unspecified atom stereocenters. The van der Waals surface area contributed by atoms with Gasteiger partial charge in [0.2, 0.25) is 0 Å². The van der Waals surface area contributed by atoms with E-state index in [4.69, 9.17) is 4.74 Å². The Labute approximate surface area is 107 Å². The second-order valence-electron chi connectivity index (χ2n) is 3.39. The molecule has 0 N–H and O–H groups in total. The molecule has 4 heteroatoms. The van der Waals surface area contributed by atoms with Crippen LogP contribution in [0, 0.1) is 0 Å². The van der Waals surface area contributed by atoms with E-state index in [2.05, 4.69) is 38.4 Å². The zero-order chi connectivity index (χ0) is 11.2. The Balaban J connectivity index is 1.72. The summed E-state index contributed by atoms with van der Waals surface area (Å²) in [7, 11) is 0. The quantitative estimate of drug-likeness (QED) is 0.786. The van der Waals surface area contributed by atoms with Crippen molar-refractivity contribution in [1.29, 1.82) is 0 Å². The van der Waals surface area contributed by atoms with Crippen molar-refractivity contribution in [3.05, 3.63) is 50.9 Å². The van der Waals surface area contributed by atoms with Crippen LogP contribution in [0.5, 0.6) is 0 Å². The van der Waals surface area contributed by atoms with Crippen LogP contribution in [0.2, 0.25) is 0 Å². The predicted octanol–water partition coefficient (Wildman–Crippen LogP) is 3.66. The minimum Gasteiger partial charge on any atom is -0.376 e. The van der Waals surface area contributed by atoms with Crippen LogP contribution in [-0.4, -0.2) is 11.6 Å². The zero-order valence-corrected chi connectivity index (χ0v) is 11.1. The van der Waals surface area contributed by atoms with Crippen molar-refractivity contribution in [2.45, 2.75) is 13.0 Å². The van der Waals surface area contributed by atoms with E-state index in [1.165, 1.54) is 4.88 Å². The van der Waals surface area contributed by atoms with Crippen LogP contribution in [0.4, 0.5) is 0 Å². The lowest BCUT2D eigenvalue weighted by molar-refractivity contribution is 0.124. The fourth-order valence-corrected chi connectivity index (χ4v) is 2.45. The van der Waals surface area contributed by atoms with Crippen molar-refractivity contribution in [3.8, 4) is 0 Å². The van der Waals surface area contributed by atoms with E-state index >= 15 is 0 Å². The lowest BCUT2D eigenvalue weighted by Gasteiger charge is -2.03. The van der Waals surface area contributed by atoms with Gasteiger partial charge in [0.05, 0.1) is 13.2 Å². The highest BCUT2D eigenvalue weighted by Crippen LogP contribution is 2.12. The number of ether oxygens (including phenoxy) is 1. The van der Waals surface area contributed by atoms with Gasteiger partial charge in [0.15, 0.2) is 0 Å². The van der Waals surface area contributed by atoms with E-state index in [0.29, 0.717) is 6.61 Å². The van der Waals surface area contributed by atoms with Crippen molar-refractivity contribution in [2.75, 3.05) is 6.61 Å². The summed E-state index contributed by atoms with van der Waals surface area (Å²) < 4.78 is 6.59. The van der Waals surface area contributed by atoms with Crippen LogP contribution in [0.1, 0.15) is 10.4 Å². The third-order valence-corrected chi connectivity index (χ3v) is 3.47. The summed E-state index contributed by atoms with van der Waals surface area (Å²) in [6, 6.07) is 6.23. The molecule has 0 aliphatic heterocycles. The first-order valence-corrected chi connectivity index (χ1v) is 6.71. The van der Waals surface area contributed by atoms with E-state index in [-0.39, 0.29) is 0 Å². The summed E-state index contributed by atoms with van der Waals surface area (Å²) in [4.78, 5) is 5.46. The van der Waals surface area contributed by atoms with Gasteiger partial charge in [-0.3, -0.25) is 4.98 Å². The van der Waals surface area contributed by atoms with E-state index < -0.39 is 0 Å². The topological polar surface area (TPSA) is 22.1 Å². The highest BCUT2D eigenvalue weighted by molar-refractivity contribution is 9.10. The van der Waals surface area contributed by atoms with Gasteiger partial charge in [-0.2, -0.15) is 0 Å². The van der Waals surface area contributed by atoms with Crippen molar-refractivity contribution in [2.24, 2.45) is 0 Å². The van der Waals surface area contributed by atoms with Crippen molar-refractivity contribution in [1.82, 2.24) is 4.98 Å². The third-order valence-electron chi connectivity index (χ3n) is 2.10. The molecule has 0 radical (unpaired) electrons. The van der Waals surface area contributed by atoms with Crippen molar-refractivity contribution >= 4 is 27.3 Å². The number of pyridine rings is 1. The SMILES string of the molecule is Brc1cncc(COCCc2cccs2)c1. The van der Waals surface area contributed by atoms with Gasteiger partial charge in [0.1, 0.15) is 0 Å². The van der Waals surface area contributed by atoms with Gasteiger partial charge in [-0.1, -0.05) is 6.07 Å². The number of thiophene rings is 1. The third kappa shape index (κ3) is 3.70. The molecule has 0 amide bonds. The van der Waals surface area contributed by atoms with Gasteiger partial charge in [0.25, 0.3) is 0 Å². The van der Waals surface area contributed by atoms with Gasteiger partial charge in [-0.25, -0.2) is 0 Å². The fraction of sp³-hybridized carbons (Fsp3) is 0.250. The Morgan fingerprint density at radius 2 is 2.31 bits per heavy atom. The first-order valence-electron chi connectivity index (χ1n) is 5.04. The number of aromatic nitrogens is 1. The average molecular weight is 298 g/mol. The van der Waals surface area contributed by atoms with Gasteiger partial charge < -0.3 is 4.74 Å². The molecule has 0 aliphatic carbocycles. The van der Waals surface area contributed by atoms with Crippen LogP contribution in [0.25, 0.3) is 0 Å². The van der Waals surface area contributed by atoms with E-state index in [1.54, 1.807) is 17.5 Å². The predicted molar refractivity (Wildman–Crippen MR) is 69.6 cm³/mol. The number of hydrogen-bond donors (Lipinski definition) is 0. The molecule has 16 heavy (non-hydrogen) atoms. The molecule has 0 bridgehead atoms. The van der Waals surface area contributed by atoms with Gasteiger partial charge in [0, 0.05) is 28.2 Å². The summed E-state index contributed by atoms with van der Waals surface area (Å²) in [6.45, 7) is 1.38. The summed E-state index contributed by atoms with van der Waals surface area (Å²) in [5.41, 5.74) is 1.10. The summed E-state index contributed by atoms with van der Waals surface area (Å²) in [6.07, 6.45) is 4.59. The maximum atomic E-state index is 5.59. The molecular formula is C12H12BrNOS. The Hall–Kier alpha value is -0.710. The molecule has 2 heterocycles. The minimum absolute atomic E-state index is 0.623. The van der Waals surface area contributed by atoms with Crippen LogP contribution in [-0.2, 0) is 17.8 Å². The minimum atomic E-state index is 0.623. The number of rotatable bonds is 5. The van der Waals surface area contributed by atoms with E-state index in [0.717, 1.165) is 23.1 Å². The zero-order valence-electron chi connectivity index (χ0n) is 8.73. The Morgan fingerprint density at radius 3 is 3.06 bits per heavy atom. The normalized spacial score (nSPS) is 10.6. The first-order chi connectivity index (χ1) is 7.84. The summed E-state index contributed by atoms with van der Waals surface area (Å²) in [5, 5.41) is 2.09. The van der Waals surface area contributed by atoms with Crippen molar-refractivity contribution in [3.63, 3.8) is 0 Å². The Morgan fingerprint density at radius 1 is 1.38 bits per heavy atom. The van der Waals surface area contributed by atoms with Gasteiger partial charge in [-0.15, -0.1) is 11.3 Å². The standard InChI is InChI=1S/C12H12BrNOS/c13-11-6-10(7-14-8-11)9-15-4-3-12-2-1-5-16-12/h1-2,5-8H,3-4,9H2. The molecule has 0 saturated heterocycles. The van der Waals surface area contributed by atoms with Gasteiger partial charge >= 0.3 is 0 Å². The molecule has 0 aliphatic rings. The van der Waals surface area contributed by atoms with Crippen LogP contribution in [0.3, 0.4) is 0 Å². The number of nitrogens with zero attached hydrogens (tertiary/aromatic N) is 1. The molecule has 2 aromatic rings. The highest BCUT2D eigenvalue weighted by Gasteiger charge is 1.97. The highest BCUT2D eigenvalue weighted by atomic mass is 79.9. The molecule has 2 aromatic heterocycles. The molecule has 0 spiro atoms. The second kappa shape index (κ2) is 6.13. The van der Waals surface area contributed by atoms with Crippen molar-refractivity contribution < 1.29 is 4.74 Å². The number of halogens is 1. The smallest absolute Gasteiger partial charge is 0.0732 e. The van der Waals surface area contributed by atoms with Crippen LogP contribution >= 0.6 is 27.3 Å². The monoisotopic (exact) mass is 297 g/mol. The molecule has 0 fully saturated rings. The lowest BCUT2D eigenvalue weighted by atomic mass is 10.3. The summed E-state index contributed by atoms with van der Waals surface area (Å²) >= 11 is 5.16. The number of hydrogen-bond acceptors (Lipinski definition) is 3. The lowest BCUT2D eigenvalue weighted by Crippen LogP contribution is -1.98. The second-order valence-corrected chi connectivity index (χ2v) is 5.34. The summed E-state index contributed by atoms with van der Waals surface area (Å²) in [5.74, 6) is 0.